The summed E-state index contributed by atoms with van der Waals surface area (Å²) in [4.78, 5) is 9.33. The van der Waals surface area contributed by atoms with Crippen molar-refractivity contribution in [2.75, 3.05) is 0 Å². The van der Waals surface area contributed by atoms with E-state index in [1.807, 2.05) is 44.2 Å². The SMILES string of the molecule is Cc1cc(C(C)ON)c2ccccc2n1. The maximum absolute atomic E-state index is 5.22. The molecule has 15 heavy (non-hydrogen) atoms. The molecule has 0 amide bonds. The van der Waals surface area contributed by atoms with Crippen LogP contribution >= 0.6 is 0 Å². The molecule has 2 aromatic rings. The molecule has 0 saturated heterocycles. The molecule has 0 fully saturated rings. The van der Waals surface area contributed by atoms with Crippen molar-refractivity contribution < 1.29 is 4.84 Å². The summed E-state index contributed by atoms with van der Waals surface area (Å²) in [5.74, 6) is 5.22. The highest BCUT2D eigenvalue weighted by Gasteiger charge is 2.10. The van der Waals surface area contributed by atoms with Crippen LogP contribution in [0.2, 0.25) is 0 Å². The molecule has 1 unspecified atom stereocenters. The Morgan fingerprint density at radius 1 is 1.33 bits per heavy atom. The molecule has 3 nitrogen and oxygen atoms in total. The van der Waals surface area contributed by atoms with Crippen molar-refractivity contribution in [3.05, 3.63) is 41.6 Å². The van der Waals surface area contributed by atoms with Gasteiger partial charge in [0.2, 0.25) is 0 Å². The zero-order valence-corrected chi connectivity index (χ0v) is 8.90. The third kappa shape index (κ3) is 1.84. The van der Waals surface area contributed by atoms with Gasteiger partial charge in [-0.15, -0.1) is 0 Å². The lowest BCUT2D eigenvalue weighted by Gasteiger charge is -2.12. The number of rotatable bonds is 2. The first-order chi connectivity index (χ1) is 7.22. The smallest absolute Gasteiger partial charge is 0.102 e. The molecule has 2 N–H and O–H groups in total. The molecule has 1 heterocycles. The minimum absolute atomic E-state index is 0.114. The Labute approximate surface area is 88.8 Å². The van der Waals surface area contributed by atoms with Crippen molar-refractivity contribution in [3.8, 4) is 0 Å². The molecule has 0 radical (unpaired) electrons. The first-order valence-electron chi connectivity index (χ1n) is 4.94. The van der Waals surface area contributed by atoms with Crippen LogP contribution in [0.15, 0.2) is 30.3 Å². The van der Waals surface area contributed by atoms with Crippen LogP contribution in [-0.2, 0) is 4.84 Å². The lowest BCUT2D eigenvalue weighted by molar-refractivity contribution is 0.0673. The summed E-state index contributed by atoms with van der Waals surface area (Å²) in [6.45, 7) is 3.90. The summed E-state index contributed by atoms with van der Waals surface area (Å²) in [5.41, 5.74) is 3.05. The Morgan fingerprint density at radius 3 is 2.80 bits per heavy atom. The lowest BCUT2D eigenvalue weighted by atomic mass is 10.0. The molecule has 0 saturated carbocycles. The average molecular weight is 202 g/mol. The van der Waals surface area contributed by atoms with Crippen LogP contribution in [0, 0.1) is 6.92 Å². The highest BCUT2D eigenvalue weighted by atomic mass is 16.6. The predicted molar refractivity (Wildman–Crippen MR) is 60.2 cm³/mol. The van der Waals surface area contributed by atoms with Gasteiger partial charge in [0, 0.05) is 11.1 Å². The zero-order valence-electron chi connectivity index (χ0n) is 8.90. The van der Waals surface area contributed by atoms with E-state index in [9.17, 15) is 0 Å². The van der Waals surface area contributed by atoms with Crippen LogP contribution in [0.25, 0.3) is 10.9 Å². The number of para-hydroxylation sites is 1. The molecule has 0 aliphatic rings. The van der Waals surface area contributed by atoms with Crippen molar-refractivity contribution >= 4 is 10.9 Å². The molecule has 0 bridgehead atoms. The third-order valence-corrected chi connectivity index (χ3v) is 2.52. The summed E-state index contributed by atoms with van der Waals surface area (Å²) in [6, 6.07) is 10.0. The lowest BCUT2D eigenvalue weighted by Crippen LogP contribution is -2.06. The number of aryl methyl sites for hydroxylation is 1. The van der Waals surface area contributed by atoms with Gasteiger partial charge < -0.3 is 0 Å². The Morgan fingerprint density at radius 2 is 2.07 bits per heavy atom. The van der Waals surface area contributed by atoms with Gasteiger partial charge in [-0.3, -0.25) is 9.82 Å². The maximum atomic E-state index is 5.22. The molecule has 2 rings (SSSR count). The summed E-state index contributed by atoms with van der Waals surface area (Å²) >= 11 is 0. The molecule has 1 aromatic heterocycles. The van der Waals surface area contributed by atoms with Crippen molar-refractivity contribution in [2.24, 2.45) is 5.90 Å². The number of nitrogens with two attached hydrogens (primary N) is 1. The number of pyridine rings is 1. The van der Waals surface area contributed by atoms with E-state index in [-0.39, 0.29) is 6.10 Å². The quantitative estimate of drug-likeness (QED) is 0.761. The van der Waals surface area contributed by atoms with Crippen molar-refractivity contribution in [1.82, 2.24) is 4.98 Å². The van der Waals surface area contributed by atoms with Gasteiger partial charge in [0.15, 0.2) is 0 Å². The third-order valence-electron chi connectivity index (χ3n) is 2.52. The molecule has 3 heteroatoms. The second-order valence-corrected chi connectivity index (χ2v) is 3.65. The van der Waals surface area contributed by atoms with Gasteiger partial charge in [0.05, 0.1) is 5.52 Å². The minimum atomic E-state index is -0.114. The second kappa shape index (κ2) is 3.96. The fourth-order valence-corrected chi connectivity index (χ4v) is 1.75. The summed E-state index contributed by atoms with van der Waals surface area (Å²) in [5, 5.41) is 1.10. The Bertz CT molecular complexity index is 482. The van der Waals surface area contributed by atoms with E-state index >= 15 is 0 Å². The predicted octanol–water partition coefficient (Wildman–Crippen LogP) is 2.49. The van der Waals surface area contributed by atoms with E-state index in [0.717, 1.165) is 22.2 Å². The van der Waals surface area contributed by atoms with Crippen molar-refractivity contribution in [2.45, 2.75) is 20.0 Å². The van der Waals surface area contributed by atoms with Crippen LogP contribution < -0.4 is 5.90 Å². The highest BCUT2D eigenvalue weighted by molar-refractivity contribution is 5.82. The van der Waals surface area contributed by atoms with Crippen molar-refractivity contribution in [1.29, 1.82) is 0 Å². The average Bonchev–Trinajstić information content (AvgIpc) is 2.26. The fraction of sp³-hybridized carbons (Fsp3) is 0.250. The van der Waals surface area contributed by atoms with Crippen molar-refractivity contribution in [3.63, 3.8) is 0 Å². The Balaban J connectivity index is 2.71. The van der Waals surface area contributed by atoms with Gasteiger partial charge in [-0.05, 0) is 31.5 Å². The second-order valence-electron chi connectivity index (χ2n) is 3.65. The minimum Gasteiger partial charge on any atom is -0.297 e. The normalized spacial score (nSPS) is 13.0. The van der Waals surface area contributed by atoms with E-state index in [0.29, 0.717) is 0 Å². The monoisotopic (exact) mass is 202 g/mol. The molecular weight excluding hydrogens is 188 g/mol. The van der Waals surface area contributed by atoms with E-state index in [1.54, 1.807) is 0 Å². The number of aromatic nitrogens is 1. The van der Waals surface area contributed by atoms with Crippen LogP contribution in [0.4, 0.5) is 0 Å². The molecule has 1 aromatic carbocycles. The summed E-state index contributed by atoms with van der Waals surface area (Å²) in [7, 11) is 0. The fourth-order valence-electron chi connectivity index (χ4n) is 1.75. The molecule has 0 aliphatic carbocycles. The number of hydrogen-bond donors (Lipinski definition) is 1. The number of hydrogen-bond acceptors (Lipinski definition) is 3. The van der Waals surface area contributed by atoms with Crippen LogP contribution in [-0.4, -0.2) is 4.98 Å². The van der Waals surface area contributed by atoms with E-state index < -0.39 is 0 Å². The van der Waals surface area contributed by atoms with E-state index in [1.165, 1.54) is 0 Å². The van der Waals surface area contributed by atoms with Crippen LogP contribution in [0.5, 0.6) is 0 Å². The van der Waals surface area contributed by atoms with E-state index in [4.69, 9.17) is 10.7 Å². The molecule has 78 valence electrons. The Kier molecular flexibility index (Phi) is 2.66. The topological polar surface area (TPSA) is 48.1 Å². The molecule has 1 atom stereocenters. The zero-order chi connectivity index (χ0) is 10.8. The van der Waals surface area contributed by atoms with E-state index in [2.05, 4.69) is 4.98 Å². The Hall–Kier alpha value is -1.45. The van der Waals surface area contributed by atoms with Gasteiger partial charge in [-0.25, -0.2) is 5.90 Å². The molecule has 0 aliphatic heterocycles. The van der Waals surface area contributed by atoms with Gasteiger partial charge >= 0.3 is 0 Å². The van der Waals surface area contributed by atoms with Gasteiger partial charge in [-0.2, -0.15) is 0 Å². The number of fused-ring (bicyclic) bond motifs is 1. The number of nitrogens with zero attached hydrogens (tertiary/aromatic N) is 1. The highest BCUT2D eigenvalue weighted by Crippen LogP contribution is 2.24. The summed E-state index contributed by atoms with van der Waals surface area (Å²) < 4.78 is 0. The summed E-state index contributed by atoms with van der Waals surface area (Å²) in [6.07, 6.45) is -0.114. The number of benzene rings is 1. The maximum Gasteiger partial charge on any atom is 0.102 e. The largest absolute Gasteiger partial charge is 0.297 e. The van der Waals surface area contributed by atoms with Gasteiger partial charge in [0.1, 0.15) is 6.10 Å². The molecular formula is C12H14N2O. The molecule has 0 spiro atoms. The first kappa shape index (κ1) is 10.1. The van der Waals surface area contributed by atoms with Crippen LogP contribution in [0.3, 0.4) is 0 Å². The first-order valence-corrected chi connectivity index (χ1v) is 4.94. The van der Waals surface area contributed by atoms with Gasteiger partial charge in [0.25, 0.3) is 0 Å². The van der Waals surface area contributed by atoms with Crippen LogP contribution in [0.1, 0.15) is 24.3 Å². The standard InChI is InChI=1S/C12H14N2O/c1-8-7-11(9(2)15-13)10-5-3-4-6-12(10)14-8/h3-7,9H,13H2,1-2H3. The van der Waals surface area contributed by atoms with Gasteiger partial charge in [-0.1, -0.05) is 18.2 Å².